The number of nitrogens with one attached hydrogen (secondary N) is 2. The van der Waals surface area contributed by atoms with Crippen LogP contribution in [0.25, 0.3) is 0 Å². The van der Waals surface area contributed by atoms with E-state index in [2.05, 4.69) is 22.5 Å². The molecule has 1 aromatic carbocycles. The van der Waals surface area contributed by atoms with Gasteiger partial charge in [0.1, 0.15) is 0 Å². The van der Waals surface area contributed by atoms with Crippen LogP contribution in [-0.4, -0.2) is 28.0 Å². The number of primary sulfonamides is 1. The molecule has 0 radical (unpaired) electrons. The van der Waals surface area contributed by atoms with Gasteiger partial charge in [0.15, 0.2) is 5.96 Å². The topological polar surface area (TPSA) is 96.6 Å². The third-order valence-corrected chi connectivity index (χ3v) is 5.66. The van der Waals surface area contributed by atoms with Crippen LogP contribution in [0, 0.1) is 5.41 Å². The molecule has 0 bridgehead atoms. The molecule has 1 aromatic rings. The highest BCUT2D eigenvalue weighted by Crippen LogP contribution is 2.42. The van der Waals surface area contributed by atoms with Crippen molar-refractivity contribution in [3.63, 3.8) is 0 Å². The highest BCUT2D eigenvalue weighted by atomic mass is 32.2. The number of rotatable bonds is 6. The number of sulfonamides is 1. The highest BCUT2D eigenvalue weighted by molar-refractivity contribution is 7.89. The normalized spacial score (nSPS) is 17.4. The van der Waals surface area contributed by atoms with Crippen LogP contribution in [0.1, 0.15) is 38.2 Å². The zero-order chi connectivity index (χ0) is 16.9. The zero-order valence-corrected chi connectivity index (χ0v) is 14.6. The predicted molar refractivity (Wildman–Crippen MR) is 92.6 cm³/mol. The molecule has 23 heavy (non-hydrogen) atoms. The van der Waals surface area contributed by atoms with E-state index in [0.717, 1.165) is 18.1 Å². The first-order valence-corrected chi connectivity index (χ1v) is 9.49. The number of hydrogen-bond acceptors (Lipinski definition) is 3. The Morgan fingerprint density at radius 3 is 2.35 bits per heavy atom. The molecule has 1 fully saturated rings. The Morgan fingerprint density at radius 2 is 1.91 bits per heavy atom. The lowest BCUT2D eigenvalue weighted by atomic mass is 9.67. The van der Waals surface area contributed by atoms with Gasteiger partial charge in [-0.1, -0.05) is 25.5 Å². The zero-order valence-electron chi connectivity index (χ0n) is 13.8. The molecule has 0 amide bonds. The standard InChI is InChI=1S/C16H26N4O2S/c1-3-16(9-4-10-16)12-20-15(18-2)19-11-13-5-7-14(8-6-13)23(17,21)22/h5-8H,3-4,9-12H2,1-2H3,(H2,17,21,22)(H2,18,19,20). The minimum atomic E-state index is -3.64. The Hall–Kier alpha value is -1.60. The van der Waals surface area contributed by atoms with Gasteiger partial charge >= 0.3 is 0 Å². The van der Waals surface area contributed by atoms with Crippen molar-refractivity contribution in [1.29, 1.82) is 0 Å². The van der Waals surface area contributed by atoms with Gasteiger partial charge in [0, 0.05) is 20.1 Å². The van der Waals surface area contributed by atoms with Crippen molar-refractivity contribution >= 4 is 16.0 Å². The van der Waals surface area contributed by atoms with Gasteiger partial charge < -0.3 is 10.6 Å². The van der Waals surface area contributed by atoms with Gasteiger partial charge in [-0.15, -0.1) is 0 Å². The quantitative estimate of drug-likeness (QED) is 0.542. The molecule has 7 heteroatoms. The SMILES string of the molecule is CCC1(CNC(=NC)NCc2ccc(S(N)(=O)=O)cc2)CCC1. The van der Waals surface area contributed by atoms with Crippen molar-refractivity contribution in [1.82, 2.24) is 10.6 Å². The molecule has 2 rings (SSSR count). The third kappa shape index (κ3) is 4.68. The summed E-state index contributed by atoms with van der Waals surface area (Å²) in [6.45, 7) is 3.75. The van der Waals surface area contributed by atoms with Crippen molar-refractivity contribution in [2.24, 2.45) is 15.5 Å². The maximum absolute atomic E-state index is 11.2. The average Bonchev–Trinajstić information content (AvgIpc) is 2.49. The van der Waals surface area contributed by atoms with Gasteiger partial charge in [0.05, 0.1) is 4.90 Å². The van der Waals surface area contributed by atoms with Crippen molar-refractivity contribution in [3.05, 3.63) is 29.8 Å². The minimum absolute atomic E-state index is 0.124. The van der Waals surface area contributed by atoms with E-state index < -0.39 is 10.0 Å². The largest absolute Gasteiger partial charge is 0.356 e. The fraction of sp³-hybridized carbons (Fsp3) is 0.562. The number of nitrogens with two attached hydrogens (primary N) is 1. The number of hydrogen-bond donors (Lipinski definition) is 3. The Labute approximate surface area is 138 Å². The Morgan fingerprint density at radius 1 is 1.26 bits per heavy atom. The summed E-state index contributed by atoms with van der Waals surface area (Å²) in [6.07, 6.45) is 5.06. The molecular weight excluding hydrogens is 312 g/mol. The fourth-order valence-electron chi connectivity index (χ4n) is 2.81. The average molecular weight is 338 g/mol. The van der Waals surface area contributed by atoms with E-state index in [-0.39, 0.29) is 4.90 Å². The van der Waals surface area contributed by atoms with Crippen LogP contribution >= 0.6 is 0 Å². The fourth-order valence-corrected chi connectivity index (χ4v) is 3.32. The van der Waals surface area contributed by atoms with E-state index in [1.807, 2.05) is 0 Å². The molecular formula is C16H26N4O2S. The molecule has 0 aromatic heterocycles. The smallest absolute Gasteiger partial charge is 0.238 e. The second kappa shape index (κ2) is 7.31. The molecule has 6 nitrogen and oxygen atoms in total. The second-order valence-electron chi connectivity index (χ2n) is 6.18. The van der Waals surface area contributed by atoms with E-state index in [1.165, 1.54) is 37.8 Å². The van der Waals surface area contributed by atoms with Gasteiger partial charge in [0.25, 0.3) is 0 Å². The Kier molecular flexibility index (Phi) is 5.64. The first kappa shape index (κ1) is 17.7. The summed E-state index contributed by atoms with van der Waals surface area (Å²) in [5, 5.41) is 11.7. The molecule has 4 N–H and O–H groups in total. The lowest BCUT2D eigenvalue weighted by molar-refractivity contribution is 0.131. The minimum Gasteiger partial charge on any atom is -0.356 e. The van der Waals surface area contributed by atoms with E-state index in [4.69, 9.17) is 5.14 Å². The second-order valence-corrected chi connectivity index (χ2v) is 7.74. The van der Waals surface area contributed by atoms with E-state index >= 15 is 0 Å². The van der Waals surface area contributed by atoms with Crippen LogP contribution in [0.15, 0.2) is 34.2 Å². The first-order chi connectivity index (χ1) is 10.9. The molecule has 128 valence electrons. The van der Waals surface area contributed by atoms with E-state index in [1.54, 1.807) is 19.2 Å². The maximum atomic E-state index is 11.2. The maximum Gasteiger partial charge on any atom is 0.238 e. The first-order valence-electron chi connectivity index (χ1n) is 7.95. The van der Waals surface area contributed by atoms with Crippen LogP contribution in [-0.2, 0) is 16.6 Å². The van der Waals surface area contributed by atoms with Crippen LogP contribution in [0.2, 0.25) is 0 Å². The summed E-state index contributed by atoms with van der Waals surface area (Å²) < 4.78 is 22.5. The van der Waals surface area contributed by atoms with Gasteiger partial charge in [-0.25, -0.2) is 13.6 Å². The summed E-state index contributed by atoms with van der Waals surface area (Å²) >= 11 is 0. The lowest BCUT2D eigenvalue weighted by Crippen LogP contribution is -2.46. The Bertz CT molecular complexity index is 644. The van der Waals surface area contributed by atoms with Crippen molar-refractivity contribution in [3.8, 4) is 0 Å². The van der Waals surface area contributed by atoms with E-state index in [9.17, 15) is 8.42 Å². The summed E-state index contributed by atoms with van der Waals surface area (Å²) in [5.41, 5.74) is 1.39. The van der Waals surface area contributed by atoms with Gasteiger partial charge in [0.2, 0.25) is 10.0 Å². The molecule has 0 aliphatic heterocycles. The van der Waals surface area contributed by atoms with Crippen LogP contribution in [0.4, 0.5) is 0 Å². The van der Waals surface area contributed by atoms with Crippen LogP contribution in [0.5, 0.6) is 0 Å². The predicted octanol–water partition coefficient (Wildman–Crippen LogP) is 1.58. The number of aliphatic imine (C=N–C) groups is 1. The highest BCUT2D eigenvalue weighted by Gasteiger charge is 2.34. The summed E-state index contributed by atoms with van der Waals surface area (Å²) in [7, 11) is -1.89. The van der Waals surface area contributed by atoms with E-state index in [0.29, 0.717) is 12.0 Å². The van der Waals surface area contributed by atoms with Crippen molar-refractivity contribution in [2.75, 3.05) is 13.6 Å². The Balaban J connectivity index is 1.86. The number of guanidine groups is 1. The third-order valence-electron chi connectivity index (χ3n) is 4.73. The molecule has 0 atom stereocenters. The lowest BCUT2D eigenvalue weighted by Gasteiger charge is -2.41. The summed E-state index contributed by atoms with van der Waals surface area (Å²) in [6, 6.07) is 6.53. The van der Waals surface area contributed by atoms with Crippen molar-refractivity contribution < 1.29 is 8.42 Å². The molecule has 1 saturated carbocycles. The van der Waals surface area contributed by atoms with Crippen molar-refractivity contribution in [2.45, 2.75) is 44.0 Å². The van der Waals surface area contributed by atoms with Crippen LogP contribution < -0.4 is 15.8 Å². The molecule has 0 saturated heterocycles. The monoisotopic (exact) mass is 338 g/mol. The van der Waals surface area contributed by atoms with Gasteiger partial charge in [-0.05, 0) is 42.4 Å². The molecule has 0 heterocycles. The molecule has 0 unspecified atom stereocenters. The molecule has 1 aliphatic rings. The van der Waals surface area contributed by atoms with Gasteiger partial charge in [-0.3, -0.25) is 4.99 Å². The van der Waals surface area contributed by atoms with Gasteiger partial charge in [-0.2, -0.15) is 0 Å². The molecule has 1 aliphatic carbocycles. The van der Waals surface area contributed by atoms with Crippen LogP contribution in [0.3, 0.4) is 0 Å². The summed E-state index contributed by atoms with van der Waals surface area (Å²) in [4.78, 5) is 4.36. The summed E-state index contributed by atoms with van der Waals surface area (Å²) in [5.74, 6) is 0.764. The number of nitrogens with zero attached hydrogens (tertiary/aromatic N) is 1. The molecule has 0 spiro atoms. The number of benzene rings is 1.